The Morgan fingerprint density at radius 2 is 1.52 bits per heavy atom. The minimum Gasteiger partial charge on any atom is -0.324 e. The van der Waals surface area contributed by atoms with Gasteiger partial charge in [-0.05, 0) is 49.4 Å². The lowest BCUT2D eigenvalue weighted by molar-refractivity contribution is -0.114. The molecule has 0 saturated heterocycles. The van der Waals surface area contributed by atoms with Gasteiger partial charge in [-0.2, -0.15) is 0 Å². The summed E-state index contributed by atoms with van der Waals surface area (Å²) < 4.78 is 27.5. The number of benzene rings is 3. The summed E-state index contributed by atoms with van der Waals surface area (Å²) in [4.78, 5) is 12.8. The Hall–Kier alpha value is -2.54. The van der Waals surface area contributed by atoms with Gasteiger partial charge in [-0.3, -0.25) is 9.10 Å². The fourth-order valence-electron chi connectivity index (χ4n) is 2.70. The Labute approximate surface area is 179 Å². The molecule has 0 atom stereocenters. The van der Waals surface area contributed by atoms with E-state index in [1.165, 1.54) is 30.3 Å². The van der Waals surface area contributed by atoms with E-state index in [0.29, 0.717) is 21.4 Å². The highest BCUT2D eigenvalue weighted by Gasteiger charge is 2.27. The number of anilines is 2. The second kappa shape index (κ2) is 8.86. The highest BCUT2D eigenvalue weighted by molar-refractivity contribution is 7.92. The predicted octanol–water partition coefficient (Wildman–Crippen LogP) is 5.14. The summed E-state index contributed by atoms with van der Waals surface area (Å²) in [5, 5.41) is 3.37. The van der Waals surface area contributed by atoms with Gasteiger partial charge in [-0.25, -0.2) is 8.42 Å². The van der Waals surface area contributed by atoms with Crippen molar-refractivity contribution in [2.75, 3.05) is 16.2 Å². The summed E-state index contributed by atoms with van der Waals surface area (Å²) in [5.74, 6) is -0.525. The molecule has 0 aromatic heterocycles. The number of rotatable bonds is 6. The van der Waals surface area contributed by atoms with E-state index in [4.69, 9.17) is 23.2 Å². The van der Waals surface area contributed by atoms with Crippen molar-refractivity contribution in [2.24, 2.45) is 0 Å². The predicted molar refractivity (Wildman–Crippen MR) is 117 cm³/mol. The number of carbonyl (C=O) groups is 1. The van der Waals surface area contributed by atoms with Gasteiger partial charge >= 0.3 is 0 Å². The highest BCUT2D eigenvalue weighted by Crippen LogP contribution is 2.25. The molecule has 0 heterocycles. The molecular formula is C21H18Cl2N2O3S. The lowest BCUT2D eigenvalue weighted by Gasteiger charge is -2.24. The maximum atomic E-state index is 13.2. The van der Waals surface area contributed by atoms with Gasteiger partial charge in [-0.1, -0.05) is 59.1 Å². The van der Waals surface area contributed by atoms with E-state index in [0.717, 1.165) is 9.87 Å². The smallest absolute Gasteiger partial charge is 0.264 e. The number of nitrogens with one attached hydrogen (secondary N) is 1. The molecule has 0 bridgehead atoms. The van der Waals surface area contributed by atoms with Crippen LogP contribution in [-0.2, 0) is 14.8 Å². The zero-order valence-electron chi connectivity index (χ0n) is 15.5. The second-order valence-corrected chi connectivity index (χ2v) is 9.10. The molecule has 3 rings (SSSR count). The van der Waals surface area contributed by atoms with Crippen LogP contribution in [0.15, 0.2) is 77.7 Å². The summed E-state index contributed by atoms with van der Waals surface area (Å²) >= 11 is 11.9. The number of hydrogen-bond donors (Lipinski definition) is 1. The maximum absolute atomic E-state index is 13.2. The van der Waals surface area contributed by atoms with E-state index in [1.807, 2.05) is 6.92 Å². The highest BCUT2D eigenvalue weighted by atomic mass is 35.5. The molecule has 0 aliphatic carbocycles. The van der Waals surface area contributed by atoms with Crippen LogP contribution in [0.4, 0.5) is 11.4 Å². The second-order valence-electron chi connectivity index (χ2n) is 6.37. The number of carbonyl (C=O) groups excluding carboxylic acids is 1. The fraction of sp³-hybridized carbons (Fsp3) is 0.0952. The zero-order valence-corrected chi connectivity index (χ0v) is 17.8. The fourth-order valence-corrected chi connectivity index (χ4v) is 4.67. The summed E-state index contributed by atoms with van der Waals surface area (Å²) in [7, 11) is -3.95. The van der Waals surface area contributed by atoms with E-state index in [9.17, 15) is 13.2 Å². The van der Waals surface area contributed by atoms with Crippen LogP contribution in [0.1, 0.15) is 5.56 Å². The zero-order chi connectivity index (χ0) is 21.0. The molecule has 29 heavy (non-hydrogen) atoms. The third-order valence-corrected chi connectivity index (χ3v) is 6.31. The largest absolute Gasteiger partial charge is 0.324 e. The summed E-state index contributed by atoms with van der Waals surface area (Å²) in [6.45, 7) is 1.49. The van der Waals surface area contributed by atoms with Crippen molar-refractivity contribution in [3.8, 4) is 0 Å². The van der Waals surface area contributed by atoms with Gasteiger partial charge in [0.15, 0.2) is 0 Å². The molecule has 0 unspecified atom stereocenters. The molecule has 150 valence electrons. The first kappa shape index (κ1) is 21.2. The standard InChI is InChI=1S/C21H18Cl2N2O3S/c1-15-7-9-19(10-8-15)25(29(27,28)20-5-3-2-4-6-20)14-21(26)24-18-12-16(22)11-17(23)13-18/h2-13H,14H2,1H3,(H,24,26). The van der Waals surface area contributed by atoms with Crippen LogP contribution in [0.25, 0.3) is 0 Å². The third-order valence-electron chi connectivity index (χ3n) is 4.09. The van der Waals surface area contributed by atoms with Crippen LogP contribution < -0.4 is 9.62 Å². The molecule has 0 aliphatic heterocycles. The van der Waals surface area contributed by atoms with Gasteiger partial charge in [0.1, 0.15) is 6.54 Å². The number of nitrogens with zero attached hydrogens (tertiary/aromatic N) is 1. The van der Waals surface area contributed by atoms with Crippen molar-refractivity contribution in [3.05, 3.63) is 88.4 Å². The quantitative estimate of drug-likeness (QED) is 0.567. The van der Waals surface area contributed by atoms with Crippen molar-refractivity contribution in [1.29, 1.82) is 0 Å². The van der Waals surface area contributed by atoms with Crippen molar-refractivity contribution >= 4 is 50.5 Å². The topological polar surface area (TPSA) is 66.5 Å². The molecule has 8 heteroatoms. The maximum Gasteiger partial charge on any atom is 0.264 e. The average Bonchev–Trinajstić information content (AvgIpc) is 2.67. The van der Waals surface area contributed by atoms with Gasteiger partial charge in [0.2, 0.25) is 5.91 Å². The lowest BCUT2D eigenvalue weighted by atomic mass is 10.2. The molecule has 0 saturated carbocycles. The first-order chi connectivity index (χ1) is 13.8. The summed E-state index contributed by atoms with van der Waals surface area (Å²) in [6, 6.07) is 19.5. The van der Waals surface area contributed by atoms with Crippen molar-refractivity contribution in [1.82, 2.24) is 0 Å². The van der Waals surface area contributed by atoms with E-state index < -0.39 is 22.5 Å². The van der Waals surface area contributed by atoms with Crippen LogP contribution in [0.2, 0.25) is 10.0 Å². The summed E-state index contributed by atoms with van der Waals surface area (Å²) in [6.07, 6.45) is 0. The van der Waals surface area contributed by atoms with Crippen LogP contribution in [-0.4, -0.2) is 20.9 Å². The van der Waals surface area contributed by atoms with Crippen LogP contribution in [0, 0.1) is 6.92 Å². The Bertz CT molecular complexity index is 1100. The Morgan fingerprint density at radius 1 is 0.931 bits per heavy atom. The van der Waals surface area contributed by atoms with Gasteiger partial charge < -0.3 is 5.32 Å². The van der Waals surface area contributed by atoms with Crippen LogP contribution in [0.5, 0.6) is 0 Å². The molecule has 1 amide bonds. The molecular weight excluding hydrogens is 431 g/mol. The minimum atomic E-state index is -3.95. The van der Waals surface area contributed by atoms with Crippen molar-refractivity contribution in [3.63, 3.8) is 0 Å². The normalized spacial score (nSPS) is 11.1. The van der Waals surface area contributed by atoms with E-state index in [2.05, 4.69) is 5.32 Å². The number of aryl methyl sites for hydroxylation is 1. The van der Waals surface area contributed by atoms with Gasteiger partial charge in [0.25, 0.3) is 10.0 Å². The first-order valence-electron chi connectivity index (χ1n) is 8.66. The average molecular weight is 449 g/mol. The monoisotopic (exact) mass is 448 g/mol. The van der Waals surface area contributed by atoms with Crippen LogP contribution >= 0.6 is 23.2 Å². The Morgan fingerprint density at radius 3 is 2.10 bits per heavy atom. The van der Waals surface area contributed by atoms with E-state index in [-0.39, 0.29) is 4.90 Å². The molecule has 0 spiro atoms. The third kappa shape index (κ3) is 5.29. The van der Waals surface area contributed by atoms with Gasteiger partial charge in [-0.15, -0.1) is 0 Å². The molecule has 0 radical (unpaired) electrons. The first-order valence-corrected chi connectivity index (χ1v) is 10.9. The molecule has 1 N–H and O–H groups in total. The molecule has 5 nitrogen and oxygen atoms in total. The lowest BCUT2D eigenvalue weighted by Crippen LogP contribution is -2.38. The van der Waals surface area contributed by atoms with Crippen molar-refractivity contribution < 1.29 is 13.2 Å². The minimum absolute atomic E-state index is 0.0965. The number of halogens is 2. The Balaban J connectivity index is 1.93. The molecule has 3 aromatic rings. The van der Waals surface area contributed by atoms with Gasteiger partial charge in [0, 0.05) is 15.7 Å². The molecule has 3 aromatic carbocycles. The van der Waals surface area contributed by atoms with E-state index >= 15 is 0 Å². The van der Waals surface area contributed by atoms with Crippen molar-refractivity contribution in [2.45, 2.75) is 11.8 Å². The molecule has 0 aliphatic rings. The van der Waals surface area contributed by atoms with Gasteiger partial charge in [0.05, 0.1) is 10.6 Å². The van der Waals surface area contributed by atoms with E-state index in [1.54, 1.807) is 42.5 Å². The number of hydrogen-bond acceptors (Lipinski definition) is 3. The number of sulfonamides is 1. The molecule has 0 fully saturated rings. The SMILES string of the molecule is Cc1ccc(N(CC(=O)Nc2cc(Cl)cc(Cl)c2)S(=O)(=O)c2ccccc2)cc1. The van der Waals surface area contributed by atoms with Crippen LogP contribution in [0.3, 0.4) is 0 Å². The number of amides is 1. The Kier molecular flexibility index (Phi) is 6.47. The summed E-state index contributed by atoms with van der Waals surface area (Å²) in [5.41, 5.74) is 1.75.